The molecular weight excluding hydrogens is 292 g/mol. The summed E-state index contributed by atoms with van der Waals surface area (Å²) in [4.78, 5) is 14.8. The summed E-state index contributed by atoms with van der Waals surface area (Å²) in [5.41, 5.74) is 3.17. The third-order valence-corrected chi connectivity index (χ3v) is 3.81. The summed E-state index contributed by atoms with van der Waals surface area (Å²) >= 11 is 0. The SMILES string of the molecule is Cc1nc2ccccc2n1CCCNc1ccc([N+](=O)[O-])cc1. The molecule has 0 aliphatic carbocycles. The van der Waals surface area contributed by atoms with Crippen LogP contribution in [0.5, 0.6) is 0 Å². The number of fused-ring (bicyclic) bond motifs is 1. The van der Waals surface area contributed by atoms with Gasteiger partial charge in [-0.05, 0) is 37.6 Å². The number of nitrogens with zero attached hydrogens (tertiary/aromatic N) is 3. The topological polar surface area (TPSA) is 73.0 Å². The fourth-order valence-corrected chi connectivity index (χ4v) is 2.65. The van der Waals surface area contributed by atoms with E-state index >= 15 is 0 Å². The van der Waals surface area contributed by atoms with E-state index in [0.29, 0.717) is 0 Å². The number of nitro groups is 1. The molecular formula is C17H18N4O2. The Bertz CT molecular complexity index is 824. The standard InChI is InChI=1S/C17H18N4O2/c1-13-19-16-5-2-3-6-17(16)20(13)12-4-11-18-14-7-9-15(10-8-14)21(22)23/h2-3,5-10,18H,4,11-12H2,1H3. The van der Waals surface area contributed by atoms with Gasteiger partial charge in [-0.3, -0.25) is 10.1 Å². The molecule has 0 fully saturated rings. The molecule has 3 rings (SSSR count). The molecule has 0 aliphatic rings. The molecule has 0 saturated heterocycles. The average molecular weight is 310 g/mol. The zero-order valence-corrected chi connectivity index (χ0v) is 12.9. The summed E-state index contributed by atoms with van der Waals surface area (Å²) in [6.07, 6.45) is 0.943. The average Bonchev–Trinajstić information content (AvgIpc) is 2.87. The number of nitrogens with one attached hydrogen (secondary N) is 1. The maximum absolute atomic E-state index is 10.6. The molecule has 118 valence electrons. The number of rotatable bonds is 6. The third-order valence-electron chi connectivity index (χ3n) is 3.81. The van der Waals surface area contributed by atoms with Gasteiger partial charge in [-0.15, -0.1) is 0 Å². The molecule has 0 radical (unpaired) electrons. The van der Waals surface area contributed by atoms with E-state index in [1.54, 1.807) is 12.1 Å². The van der Waals surface area contributed by atoms with Crippen LogP contribution in [0.25, 0.3) is 11.0 Å². The molecule has 1 N–H and O–H groups in total. The number of para-hydroxylation sites is 2. The molecule has 0 bridgehead atoms. The Morgan fingerprint density at radius 2 is 1.91 bits per heavy atom. The largest absolute Gasteiger partial charge is 0.385 e. The zero-order chi connectivity index (χ0) is 16.2. The first-order valence-corrected chi connectivity index (χ1v) is 7.55. The molecule has 6 nitrogen and oxygen atoms in total. The minimum absolute atomic E-state index is 0.107. The second kappa shape index (κ2) is 6.48. The smallest absolute Gasteiger partial charge is 0.269 e. The second-order valence-electron chi connectivity index (χ2n) is 5.38. The summed E-state index contributed by atoms with van der Waals surface area (Å²) < 4.78 is 2.22. The van der Waals surface area contributed by atoms with Crippen molar-refractivity contribution >= 4 is 22.4 Å². The van der Waals surface area contributed by atoms with E-state index in [0.717, 1.165) is 42.1 Å². The van der Waals surface area contributed by atoms with Crippen LogP contribution in [0.1, 0.15) is 12.2 Å². The Morgan fingerprint density at radius 1 is 1.17 bits per heavy atom. The first kappa shape index (κ1) is 15.0. The summed E-state index contributed by atoms with van der Waals surface area (Å²) in [7, 11) is 0. The Balaban J connectivity index is 1.57. The second-order valence-corrected chi connectivity index (χ2v) is 5.38. The monoisotopic (exact) mass is 310 g/mol. The maximum atomic E-state index is 10.6. The van der Waals surface area contributed by atoms with E-state index in [9.17, 15) is 10.1 Å². The van der Waals surface area contributed by atoms with Gasteiger partial charge in [-0.25, -0.2) is 4.98 Å². The van der Waals surface area contributed by atoms with Crippen molar-refractivity contribution in [3.05, 3.63) is 64.5 Å². The number of imidazole rings is 1. The Hall–Kier alpha value is -2.89. The van der Waals surface area contributed by atoms with Crippen LogP contribution in [0.3, 0.4) is 0 Å². The molecule has 0 spiro atoms. The molecule has 1 aromatic heterocycles. The lowest BCUT2D eigenvalue weighted by molar-refractivity contribution is -0.384. The first-order chi connectivity index (χ1) is 11.1. The summed E-state index contributed by atoms with van der Waals surface area (Å²) in [6.45, 7) is 3.69. The van der Waals surface area contributed by atoms with Gasteiger partial charge in [0.25, 0.3) is 5.69 Å². The minimum Gasteiger partial charge on any atom is -0.385 e. The van der Waals surface area contributed by atoms with E-state index in [2.05, 4.69) is 20.9 Å². The summed E-state index contributed by atoms with van der Waals surface area (Å²) in [5.74, 6) is 1.02. The zero-order valence-electron chi connectivity index (χ0n) is 12.9. The Labute approximate surface area is 133 Å². The lowest BCUT2D eigenvalue weighted by Gasteiger charge is -2.09. The lowest BCUT2D eigenvalue weighted by Crippen LogP contribution is -2.07. The van der Waals surface area contributed by atoms with Crippen molar-refractivity contribution in [3.8, 4) is 0 Å². The predicted octanol–water partition coefficient (Wildman–Crippen LogP) is 3.76. The van der Waals surface area contributed by atoms with Gasteiger partial charge in [0.15, 0.2) is 0 Å². The van der Waals surface area contributed by atoms with Crippen molar-refractivity contribution in [3.63, 3.8) is 0 Å². The van der Waals surface area contributed by atoms with E-state index < -0.39 is 4.92 Å². The molecule has 0 atom stereocenters. The molecule has 3 aromatic rings. The van der Waals surface area contributed by atoms with Crippen molar-refractivity contribution < 1.29 is 4.92 Å². The van der Waals surface area contributed by atoms with Gasteiger partial charge >= 0.3 is 0 Å². The van der Waals surface area contributed by atoms with Gasteiger partial charge in [0.05, 0.1) is 16.0 Å². The van der Waals surface area contributed by atoms with Gasteiger partial charge in [-0.1, -0.05) is 12.1 Å². The number of anilines is 1. The molecule has 23 heavy (non-hydrogen) atoms. The van der Waals surface area contributed by atoms with Gasteiger partial charge in [-0.2, -0.15) is 0 Å². The van der Waals surface area contributed by atoms with Crippen LogP contribution in [0.15, 0.2) is 48.5 Å². The van der Waals surface area contributed by atoms with E-state index in [1.807, 2.05) is 25.1 Å². The molecule has 0 aliphatic heterocycles. The van der Waals surface area contributed by atoms with Crippen molar-refractivity contribution in [2.45, 2.75) is 19.9 Å². The summed E-state index contributed by atoms with van der Waals surface area (Å²) in [6, 6.07) is 14.6. The predicted molar refractivity (Wildman–Crippen MR) is 90.7 cm³/mol. The van der Waals surface area contributed by atoms with Crippen LogP contribution in [-0.4, -0.2) is 21.0 Å². The number of aryl methyl sites for hydroxylation is 2. The maximum Gasteiger partial charge on any atom is 0.269 e. The molecule has 1 heterocycles. The number of hydrogen-bond donors (Lipinski definition) is 1. The Morgan fingerprint density at radius 3 is 2.65 bits per heavy atom. The van der Waals surface area contributed by atoms with Crippen LogP contribution in [0.4, 0.5) is 11.4 Å². The van der Waals surface area contributed by atoms with Crippen LogP contribution >= 0.6 is 0 Å². The highest BCUT2D eigenvalue weighted by molar-refractivity contribution is 5.75. The van der Waals surface area contributed by atoms with Crippen LogP contribution in [0, 0.1) is 17.0 Å². The molecule has 2 aromatic carbocycles. The van der Waals surface area contributed by atoms with Crippen molar-refractivity contribution in [2.24, 2.45) is 0 Å². The van der Waals surface area contributed by atoms with E-state index in [4.69, 9.17) is 0 Å². The van der Waals surface area contributed by atoms with Crippen molar-refractivity contribution in [1.82, 2.24) is 9.55 Å². The van der Waals surface area contributed by atoms with Gasteiger partial charge < -0.3 is 9.88 Å². The first-order valence-electron chi connectivity index (χ1n) is 7.55. The normalized spacial score (nSPS) is 10.8. The van der Waals surface area contributed by atoms with Gasteiger partial charge in [0.2, 0.25) is 0 Å². The minimum atomic E-state index is -0.392. The Kier molecular flexibility index (Phi) is 4.23. The fraction of sp³-hybridized carbons (Fsp3) is 0.235. The number of hydrogen-bond acceptors (Lipinski definition) is 4. The number of benzene rings is 2. The fourth-order valence-electron chi connectivity index (χ4n) is 2.65. The molecule has 6 heteroatoms. The number of aromatic nitrogens is 2. The molecule has 0 unspecified atom stereocenters. The van der Waals surface area contributed by atoms with Crippen LogP contribution < -0.4 is 5.32 Å². The highest BCUT2D eigenvalue weighted by Crippen LogP contribution is 2.17. The summed E-state index contributed by atoms with van der Waals surface area (Å²) in [5, 5.41) is 13.9. The van der Waals surface area contributed by atoms with Crippen LogP contribution in [0.2, 0.25) is 0 Å². The van der Waals surface area contributed by atoms with E-state index in [-0.39, 0.29) is 5.69 Å². The quantitative estimate of drug-likeness (QED) is 0.427. The highest BCUT2D eigenvalue weighted by Gasteiger charge is 2.06. The van der Waals surface area contributed by atoms with E-state index in [1.165, 1.54) is 12.1 Å². The third kappa shape index (κ3) is 3.31. The van der Waals surface area contributed by atoms with Crippen LogP contribution in [-0.2, 0) is 6.54 Å². The number of nitro benzene ring substituents is 1. The van der Waals surface area contributed by atoms with Gasteiger partial charge in [0, 0.05) is 30.9 Å². The van der Waals surface area contributed by atoms with Gasteiger partial charge in [0.1, 0.15) is 5.82 Å². The van der Waals surface area contributed by atoms with Crippen molar-refractivity contribution in [2.75, 3.05) is 11.9 Å². The molecule has 0 saturated carbocycles. The molecule has 0 amide bonds. The highest BCUT2D eigenvalue weighted by atomic mass is 16.6. The number of non-ortho nitro benzene ring substituents is 1. The lowest BCUT2D eigenvalue weighted by atomic mass is 10.2. The van der Waals surface area contributed by atoms with Crippen molar-refractivity contribution in [1.29, 1.82) is 0 Å².